The summed E-state index contributed by atoms with van der Waals surface area (Å²) in [5.74, 6) is 0.216. The predicted molar refractivity (Wildman–Crippen MR) is 58.1 cm³/mol. The zero-order valence-electron chi connectivity index (χ0n) is 9.12. The molecule has 0 fully saturated rings. The Morgan fingerprint density at radius 3 is 1.93 bits per heavy atom. The van der Waals surface area contributed by atoms with Crippen molar-refractivity contribution in [2.45, 2.75) is 44.6 Å². The predicted octanol–water partition coefficient (Wildman–Crippen LogP) is 1.97. The molecule has 0 aliphatic heterocycles. The van der Waals surface area contributed by atoms with Gasteiger partial charge in [-0.05, 0) is 19.3 Å². The van der Waals surface area contributed by atoms with Crippen molar-refractivity contribution in [3.63, 3.8) is 0 Å². The summed E-state index contributed by atoms with van der Waals surface area (Å²) >= 11 is 0. The van der Waals surface area contributed by atoms with Crippen LogP contribution in [0.1, 0.15) is 33.6 Å². The van der Waals surface area contributed by atoms with Gasteiger partial charge in [-0.1, -0.05) is 13.8 Å². The van der Waals surface area contributed by atoms with E-state index in [1.54, 1.807) is 0 Å². The quantitative estimate of drug-likeness (QED) is 0.631. The van der Waals surface area contributed by atoms with Gasteiger partial charge in [-0.15, -0.1) is 0 Å². The van der Waals surface area contributed by atoms with Gasteiger partial charge in [-0.25, -0.2) is 9.13 Å². The number of hydrogen-bond acceptors (Lipinski definition) is 5. The Kier molecular flexibility index (Phi) is 6.16. The van der Waals surface area contributed by atoms with Gasteiger partial charge in [-0.2, -0.15) is 0 Å². The number of aliphatic hydroxyl groups is 1. The molecule has 2 unspecified atom stereocenters. The molecule has 0 aromatic carbocycles. The topological polar surface area (TPSA) is 94.8 Å². The van der Waals surface area contributed by atoms with Crippen molar-refractivity contribution in [3.05, 3.63) is 0 Å². The second-order valence-corrected chi connectivity index (χ2v) is 7.25. The number of hydrogen-bond donors (Lipinski definition) is 3. The molecule has 0 aliphatic rings. The minimum Gasteiger partial charge on any atom is -0.390 e. The van der Waals surface area contributed by atoms with Crippen molar-refractivity contribution in [3.8, 4) is 0 Å². The first-order chi connectivity index (χ1) is 6.65. The van der Waals surface area contributed by atoms with Crippen LogP contribution in [0.25, 0.3) is 0 Å². The first-order valence-corrected chi connectivity index (χ1v) is 7.25. The summed E-state index contributed by atoms with van der Waals surface area (Å²) in [7, 11) is -5.47. The van der Waals surface area contributed by atoms with Crippen LogP contribution in [0.2, 0.25) is 0 Å². The summed E-state index contributed by atoms with van der Waals surface area (Å²) in [6.07, 6.45) is 0.290. The molecular weight excluding hydrogens is 238 g/mol. The molecule has 5 nitrogen and oxygen atoms in total. The molecule has 0 aromatic rings. The van der Waals surface area contributed by atoms with Crippen LogP contribution in [0, 0.1) is 5.92 Å². The third-order valence-electron chi connectivity index (χ3n) is 1.98. The van der Waals surface area contributed by atoms with Gasteiger partial charge in [0, 0.05) is 6.42 Å². The third kappa shape index (κ3) is 6.39. The minimum atomic E-state index is -2.92. The molecule has 90 valence electrons. The lowest BCUT2D eigenvalue weighted by Gasteiger charge is -2.27. The first-order valence-electron chi connectivity index (χ1n) is 4.68. The van der Waals surface area contributed by atoms with Crippen LogP contribution < -0.4 is 0 Å². The maximum Gasteiger partial charge on any atom is 0.328 e. The van der Waals surface area contributed by atoms with Gasteiger partial charge in [0.2, 0.25) is 0 Å². The van der Waals surface area contributed by atoms with Crippen molar-refractivity contribution in [1.82, 2.24) is 0 Å². The van der Waals surface area contributed by atoms with Gasteiger partial charge in [0.1, 0.15) is 5.40 Å². The highest BCUT2D eigenvalue weighted by Gasteiger charge is 2.33. The molecule has 0 saturated heterocycles. The van der Waals surface area contributed by atoms with Gasteiger partial charge in [0.05, 0.1) is 5.60 Å². The molecular formula is C8H18O5P2. The molecule has 0 bridgehead atoms. The van der Waals surface area contributed by atoms with Crippen molar-refractivity contribution >= 4 is 16.1 Å². The first kappa shape index (κ1) is 15.2. The Morgan fingerprint density at radius 2 is 1.67 bits per heavy atom. The molecule has 0 rings (SSSR count). The van der Waals surface area contributed by atoms with Gasteiger partial charge in [0.25, 0.3) is 0 Å². The van der Waals surface area contributed by atoms with Gasteiger partial charge in [-0.3, -0.25) is 0 Å². The molecule has 0 aromatic heterocycles. The highest BCUT2D eigenvalue weighted by molar-refractivity contribution is 7.59. The van der Waals surface area contributed by atoms with Crippen molar-refractivity contribution < 1.29 is 24.0 Å². The molecule has 0 heterocycles. The summed E-state index contributed by atoms with van der Waals surface area (Å²) in [4.78, 5) is 17.8. The normalized spacial score (nSPS) is 17.9. The fraction of sp³-hybridized carbons (Fsp3) is 1.00. The van der Waals surface area contributed by atoms with E-state index in [0.717, 1.165) is 0 Å². The van der Waals surface area contributed by atoms with Crippen LogP contribution in [0.3, 0.4) is 0 Å². The summed E-state index contributed by atoms with van der Waals surface area (Å²) < 4.78 is 21.5. The van der Waals surface area contributed by atoms with Gasteiger partial charge in [0.15, 0.2) is 8.38 Å². The molecule has 15 heavy (non-hydrogen) atoms. The minimum absolute atomic E-state index is 0.136. The van der Waals surface area contributed by atoms with Crippen molar-refractivity contribution in [1.29, 1.82) is 0 Å². The van der Waals surface area contributed by atoms with E-state index in [1.165, 1.54) is 6.92 Å². The summed E-state index contributed by atoms with van der Waals surface area (Å²) in [6, 6.07) is 0. The highest BCUT2D eigenvalue weighted by atomic mass is 31.2. The summed E-state index contributed by atoms with van der Waals surface area (Å²) in [6.45, 7) is 5.32. The van der Waals surface area contributed by atoms with E-state index in [1.807, 2.05) is 13.8 Å². The fourth-order valence-corrected chi connectivity index (χ4v) is 3.37. The third-order valence-corrected chi connectivity index (χ3v) is 4.55. The Morgan fingerprint density at radius 1 is 1.20 bits per heavy atom. The molecule has 0 radical (unpaired) electrons. The standard InChI is InChI=1S/C8H18O5P2/c1-6(2)4-8(3,9)5-7(14(10)11)15(12)13/h6-7,9-11H,4-5H2,1-3H3. The van der Waals surface area contributed by atoms with E-state index in [-0.39, 0.29) is 12.3 Å². The van der Waals surface area contributed by atoms with E-state index in [4.69, 9.17) is 9.79 Å². The Labute approximate surface area is 91.3 Å². The molecule has 3 N–H and O–H groups in total. The Balaban J connectivity index is 4.52. The zero-order chi connectivity index (χ0) is 12.2. The molecule has 0 spiro atoms. The average molecular weight is 256 g/mol. The molecule has 0 amide bonds. The van der Waals surface area contributed by atoms with Crippen LogP contribution in [-0.4, -0.2) is 25.9 Å². The summed E-state index contributed by atoms with van der Waals surface area (Å²) in [5.41, 5.74) is -1.18. The van der Waals surface area contributed by atoms with Crippen LogP contribution in [-0.2, 0) is 9.13 Å². The van der Waals surface area contributed by atoms with E-state index in [2.05, 4.69) is 0 Å². The monoisotopic (exact) mass is 256 g/mol. The van der Waals surface area contributed by atoms with Crippen molar-refractivity contribution in [2.75, 3.05) is 0 Å². The van der Waals surface area contributed by atoms with E-state index < -0.39 is 27.1 Å². The maximum absolute atomic E-state index is 10.7. The molecule has 0 saturated carbocycles. The van der Waals surface area contributed by atoms with E-state index >= 15 is 0 Å². The zero-order valence-corrected chi connectivity index (χ0v) is 10.9. The molecule has 2 atom stereocenters. The largest absolute Gasteiger partial charge is 0.390 e. The lowest BCUT2D eigenvalue weighted by Crippen LogP contribution is -2.29. The van der Waals surface area contributed by atoms with E-state index in [9.17, 15) is 14.2 Å². The van der Waals surface area contributed by atoms with Gasteiger partial charge < -0.3 is 14.9 Å². The lowest BCUT2D eigenvalue weighted by molar-refractivity contribution is 0.0323. The van der Waals surface area contributed by atoms with Gasteiger partial charge >= 0.3 is 7.68 Å². The Hall–Kier alpha value is 0.210. The molecule has 7 heteroatoms. The fourth-order valence-electron chi connectivity index (χ4n) is 1.60. The van der Waals surface area contributed by atoms with Crippen LogP contribution in [0.4, 0.5) is 0 Å². The maximum atomic E-state index is 10.7. The second kappa shape index (κ2) is 6.07. The summed E-state index contributed by atoms with van der Waals surface area (Å²) in [5, 5.41) is 8.63. The average Bonchev–Trinajstić information content (AvgIpc) is 1.96. The second-order valence-electron chi connectivity index (χ2n) is 4.39. The Bertz CT molecular complexity index is 252. The van der Waals surface area contributed by atoms with Crippen molar-refractivity contribution in [2.24, 2.45) is 5.92 Å². The van der Waals surface area contributed by atoms with Crippen LogP contribution >= 0.6 is 16.1 Å². The van der Waals surface area contributed by atoms with E-state index in [0.29, 0.717) is 6.42 Å². The number of rotatable bonds is 6. The van der Waals surface area contributed by atoms with Crippen LogP contribution in [0.15, 0.2) is 0 Å². The molecule has 0 aliphatic carbocycles. The lowest BCUT2D eigenvalue weighted by atomic mass is 9.92. The van der Waals surface area contributed by atoms with Crippen LogP contribution in [0.5, 0.6) is 0 Å². The smallest absolute Gasteiger partial charge is 0.328 e. The SMILES string of the molecule is CC(C)CC(C)(O)CC(P(O)O)P(=O)=O. The highest BCUT2D eigenvalue weighted by Crippen LogP contribution is 2.46.